The molecule has 13 N–H and O–H groups in total. The molecule has 1 fully saturated rings. The van der Waals surface area contributed by atoms with E-state index >= 15 is 0 Å². The molecule has 22 heteroatoms. The molecule has 1 aliphatic rings. The van der Waals surface area contributed by atoms with Gasteiger partial charge in [-0.25, -0.2) is 4.79 Å². The number of primary amides is 1. The number of carbonyl (C=O) groups excluding carboxylic acids is 9. The summed E-state index contributed by atoms with van der Waals surface area (Å²) in [6.07, 6.45) is -1.01. The maximum Gasteiger partial charge on any atom is 0.326 e. The van der Waals surface area contributed by atoms with Crippen LogP contribution in [0.15, 0.2) is 0 Å². The lowest BCUT2D eigenvalue weighted by molar-refractivity contribution is -0.144. The number of carboxylic acids is 1. The van der Waals surface area contributed by atoms with Crippen molar-refractivity contribution in [2.45, 2.75) is 169 Å². The highest BCUT2D eigenvalue weighted by atomic mass is 16.4. The molecule has 10 atom stereocenters. The number of nitrogens with zero attached hydrogens (tertiary/aromatic N) is 1. The van der Waals surface area contributed by atoms with Crippen LogP contribution < -0.4 is 48.7 Å². The number of nitrogens with one attached hydrogen (secondary N) is 7. The summed E-state index contributed by atoms with van der Waals surface area (Å²) in [5, 5.41) is 37.5. The Balaban J connectivity index is 3.16. The highest BCUT2D eigenvalue weighted by Gasteiger charge is 2.42. The van der Waals surface area contributed by atoms with Crippen LogP contribution in [0.1, 0.15) is 109 Å². The van der Waals surface area contributed by atoms with E-state index in [1.165, 1.54) is 18.7 Å². The van der Waals surface area contributed by atoms with Gasteiger partial charge in [-0.15, -0.1) is 0 Å². The minimum absolute atomic E-state index is 0.0717. The Morgan fingerprint density at radius 3 is 1.50 bits per heavy atom. The SMILES string of the molecule is CC(C)C[C@H](NC(=O)[C@@H](N)CC(N)=O)C(=O)N[C@H](C(=O)N1CCC[C@H]1C(=O)N[C@H](C(=O)N[C@H](C(=O)N[C@@H](C)C(=O)N[C@H](C(=O)N[C@H](C(=O)O)C(C)C)[C@@H](C)O)C(C)C)C(C)C)C(C)C. The van der Waals surface area contributed by atoms with E-state index in [1.54, 1.807) is 55.4 Å². The molecular weight excluding hydrogens is 837 g/mol. The first kappa shape index (κ1) is 56.6. The molecule has 0 bridgehead atoms. The number of nitrogens with two attached hydrogens (primary N) is 2. The first-order valence-electron chi connectivity index (χ1n) is 21.9. The molecule has 1 heterocycles. The average Bonchev–Trinajstić information content (AvgIpc) is 3.67. The van der Waals surface area contributed by atoms with Crippen LogP contribution in [0.3, 0.4) is 0 Å². The summed E-state index contributed by atoms with van der Waals surface area (Å²) in [6, 6.07) is -11.1. The minimum atomic E-state index is -1.56. The largest absolute Gasteiger partial charge is 0.480 e. The summed E-state index contributed by atoms with van der Waals surface area (Å²) in [6.45, 7) is 19.5. The highest BCUT2D eigenvalue weighted by Crippen LogP contribution is 2.22. The predicted molar refractivity (Wildman–Crippen MR) is 234 cm³/mol. The molecule has 1 rings (SSSR count). The first-order valence-corrected chi connectivity index (χ1v) is 21.9. The Kier molecular flexibility index (Phi) is 22.8. The van der Waals surface area contributed by atoms with Gasteiger partial charge in [0.15, 0.2) is 0 Å². The maximum atomic E-state index is 14.1. The molecule has 364 valence electrons. The monoisotopic (exact) mass is 911 g/mol. The zero-order chi connectivity index (χ0) is 49.5. The van der Waals surface area contributed by atoms with Gasteiger partial charge in [-0.3, -0.25) is 43.2 Å². The second-order valence-electron chi connectivity index (χ2n) is 18.4. The molecule has 64 heavy (non-hydrogen) atoms. The van der Waals surface area contributed by atoms with Crippen molar-refractivity contribution in [3.63, 3.8) is 0 Å². The van der Waals surface area contributed by atoms with Crippen molar-refractivity contribution in [3.8, 4) is 0 Å². The molecule has 0 spiro atoms. The normalized spacial score (nSPS) is 18.2. The lowest BCUT2D eigenvalue weighted by atomic mass is 9.98. The van der Waals surface area contributed by atoms with Gasteiger partial charge in [0.1, 0.15) is 48.3 Å². The van der Waals surface area contributed by atoms with Crippen LogP contribution in [0.4, 0.5) is 0 Å². The number of hydrogen-bond acceptors (Lipinski definition) is 12. The zero-order valence-electron chi connectivity index (χ0n) is 39.3. The molecule has 1 saturated heterocycles. The van der Waals surface area contributed by atoms with Crippen LogP contribution in [0.25, 0.3) is 0 Å². The van der Waals surface area contributed by atoms with E-state index in [-0.39, 0.29) is 25.3 Å². The molecule has 1 aliphatic heterocycles. The van der Waals surface area contributed by atoms with Gasteiger partial charge < -0.3 is 63.8 Å². The van der Waals surface area contributed by atoms with Gasteiger partial charge in [-0.05, 0) is 62.7 Å². The number of aliphatic hydroxyl groups excluding tert-OH is 1. The molecule has 9 amide bonds. The Bertz CT molecular complexity index is 1690. The molecule has 0 aliphatic carbocycles. The number of hydrogen-bond donors (Lipinski definition) is 11. The molecule has 0 aromatic heterocycles. The smallest absolute Gasteiger partial charge is 0.326 e. The topological polar surface area (TPSA) is 351 Å². The number of aliphatic carboxylic acids is 1. The third-order valence-electron chi connectivity index (χ3n) is 10.7. The van der Waals surface area contributed by atoms with Crippen molar-refractivity contribution in [2.75, 3.05) is 6.54 Å². The number of carboxylic acid groups (broad SMARTS) is 1. The second-order valence-corrected chi connectivity index (χ2v) is 18.4. The maximum absolute atomic E-state index is 14.1. The fourth-order valence-corrected chi connectivity index (χ4v) is 6.91. The lowest BCUT2D eigenvalue weighted by Crippen LogP contribution is -2.62. The third kappa shape index (κ3) is 17.3. The summed E-state index contributed by atoms with van der Waals surface area (Å²) in [4.78, 5) is 132. The molecule has 0 unspecified atom stereocenters. The highest BCUT2D eigenvalue weighted by molar-refractivity contribution is 5.98. The number of rotatable bonds is 25. The van der Waals surface area contributed by atoms with E-state index in [4.69, 9.17) is 11.5 Å². The Morgan fingerprint density at radius 2 is 1.03 bits per heavy atom. The van der Waals surface area contributed by atoms with Gasteiger partial charge in [-0.1, -0.05) is 69.2 Å². The Labute approximate surface area is 375 Å². The van der Waals surface area contributed by atoms with Gasteiger partial charge in [0, 0.05) is 6.54 Å². The number of likely N-dealkylation sites (tertiary alicyclic amines) is 1. The molecule has 0 saturated carbocycles. The van der Waals surface area contributed by atoms with Crippen LogP contribution >= 0.6 is 0 Å². The van der Waals surface area contributed by atoms with Gasteiger partial charge in [-0.2, -0.15) is 0 Å². The average molecular weight is 911 g/mol. The van der Waals surface area contributed by atoms with Crippen molar-refractivity contribution in [3.05, 3.63) is 0 Å². The number of amides is 9. The Hall–Kier alpha value is -5.38. The van der Waals surface area contributed by atoms with Crippen molar-refractivity contribution >= 4 is 59.1 Å². The molecular formula is C42H74N10O12. The van der Waals surface area contributed by atoms with Crippen LogP contribution in [0, 0.1) is 29.6 Å². The quantitative estimate of drug-likeness (QED) is 0.0461. The van der Waals surface area contributed by atoms with Crippen molar-refractivity contribution in [1.82, 2.24) is 42.1 Å². The number of aliphatic hydroxyl groups is 1. The van der Waals surface area contributed by atoms with E-state index in [2.05, 4.69) is 37.2 Å². The Morgan fingerprint density at radius 1 is 0.578 bits per heavy atom. The minimum Gasteiger partial charge on any atom is -0.480 e. The van der Waals surface area contributed by atoms with E-state index in [0.717, 1.165) is 0 Å². The fourth-order valence-electron chi connectivity index (χ4n) is 6.91. The van der Waals surface area contributed by atoms with Crippen molar-refractivity contribution < 1.29 is 58.2 Å². The summed E-state index contributed by atoms with van der Waals surface area (Å²) < 4.78 is 0. The first-order chi connectivity index (χ1) is 29.5. The van der Waals surface area contributed by atoms with Crippen LogP contribution in [-0.4, -0.2) is 141 Å². The summed E-state index contributed by atoms with van der Waals surface area (Å²) in [5.74, 6) is -10.2. The summed E-state index contributed by atoms with van der Waals surface area (Å²) >= 11 is 0. The standard InChI is InChI=1S/C42H74N10O12/c1-18(2)16-26(46-35(56)25(43)17-28(44)54)36(57)49-31(21(7)8)41(62)52-15-13-14-27(52)37(58)47-30(20(5)6)39(60)48-29(19(3)4)38(59)45-23(11)34(55)51-33(24(12)53)40(61)50-32(22(9)10)42(63)64/h18-27,29-33,53H,13-17,43H2,1-12H3,(H2,44,54)(H,45,59)(H,46,56)(H,47,58)(H,48,60)(H,49,57)(H,50,61)(H,51,55)(H,63,64)/t23-,24+,25-,26-,27-,29-,30-,31-,32-,33-/m0/s1. The van der Waals surface area contributed by atoms with E-state index in [0.29, 0.717) is 6.42 Å². The van der Waals surface area contributed by atoms with Crippen LogP contribution in [0.2, 0.25) is 0 Å². The fraction of sp³-hybridized carbons (Fsp3) is 0.762. The van der Waals surface area contributed by atoms with Gasteiger partial charge in [0.05, 0.1) is 18.6 Å². The van der Waals surface area contributed by atoms with Gasteiger partial charge >= 0.3 is 5.97 Å². The van der Waals surface area contributed by atoms with E-state index in [9.17, 15) is 58.2 Å². The van der Waals surface area contributed by atoms with E-state index < -0.39 is 150 Å². The lowest BCUT2D eigenvalue weighted by Gasteiger charge is -2.33. The van der Waals surface area contributed by atoms with Crippen LogP contribution in [-0.2, 0) is 47.9 Å². The van der Waals surface area contributed by atoms with Crippen molar-refractivity contribution in [2.24, 2.45) is 41.1 Å². The summed E-state index contributed by atoms with van der Waals surface area (Å²) in [7, 11) is 0. The molecule has 0 radical (unpaired) electrons. The summed E-state index contributed by atoms with van der Waals surface area (Å²) in [5.41, 5.74) is 11.0. The zero-order valence-corrected chi connectivity index (χ0v) is 39.3. The molecule has 0 aromatic rings. The predicted octanol–water partition coefficient (Wildman–Crippen LogP) is -2.27. The molecule has 22 nitrogen and oxygen atoms in total. The molecule has 0 aromatic carbocycles. The third-order valence-corrected chi connectivity index (χ3v) is 10.7. The van der Waals surface area contributed by atoms with Gasteiger partial charge in [0.2, 0.25) is 53.2 Å². The van der Waals surface area contributed by atoms with Gasteiger partial charge in [0.25, 0.3) is 0 Å². The number of carbonyl (C=O) groups is 10. The van der Waals surface area contributed by atoms with E-state index in [1.807, 2.05) is 13.8 Å². The van der Waals surface area contributed by atoms with Crippen LogP contribution in [0.5, 0.6) is 0 Å². The van der Waals surface area contributed by atoms with Crippen molar-refractivity contribution in [1.29, 1.82) is 0 Å². The second kappa shape index (κ2) is 25.8.